The molecule has 0 saturated heterocycles. The smallest absolute Gasteiger partial charge is 0.186 e. The van der Waals surface area contributed by atoms with Gasteiger partial charge in [0.05, 0.1) is 0 Å². The Balaban J connectivity index is 2.57. The van der Waals surface area contributed by atoms with Crippen LogP contribution < -0.4 is 0 Å². The van der Waals surface area contributed by atoms with Crippen molar-refractivity contribution in [3.63, 3.8) is 0 Å². The molecule has 0 heterocycles. The van der Waals surface area contributed by atoms with Gasteiger partial charge in [-0.15, -0.1) is 0 Å². The number of hydrogen-bond acceptors (Lipinski definition) is 1. The van der Waals surface area contributed by atoms with Gasteiger partial charge < -0.3 is 0 Å². The summed E-state index contributed by atoms with van der Waals surface area (Å²) in [4.78, 5) is 11.8. The number of rotatable bonds is 0. The highest BCUT2D eigenvalue weighted by Crippen LogP contribution is 2.32. The SMILES string of the molecule is CC1=CC(=O)c2cccc3cccc1c23. The zero-order valence-corrected chi connectivity index (χ0v) is 8.45. The second-order valence-electron chi connectivity index (χ2n) is 3.90. The second-order valence-corrected chi connectivity index (χ2v) is 3.90. The molecule has 0 atom stereocenters. The molecule has 0 aliphatic heterocycles. The van der Waals surface area contributed by atoms with Crippen LogP contribution in [0, 0.1) is 0 Å². The summed E-state index contributed by atoms with van der Waals surface area (Å²) in [5, 5.41) is 2.25. The van der Waals surface area contributed by atoms with Crippen LogP contribution in [0.2, 0.25) is 0 Å². The van der Waals surface area contributed by atoms with Crippen molar-refractivity contribution < 1.29 is 4.79 Å². The average molecular weight is 194 g/mol. The summed E-state index contributed by atoms with van der Waals surface area (Å²) < 4.78 is 0. The third kappa shape index (κ3) is 1.06. The average Bonchev–Trinajstić information content (AvgIpc) is 2.25. The fourth-order valence-electron chi connectivity index (χ4n) is 2.23. The monoisotopic (exact) mass is 194 g/mol. The maximum atomic E-state index is 11.8. The second kappa shape index (κ2) is 2.80. The topological polar surface area (TPSA) is 17.1 Å². The lowest BCUT2D eigenvalue weighted by molar-refractivity contribution is 0.104. The maximum Gasteiger partial charge on any atom is 0.186 e. The number of allylic oxidation sites excluding steroid dienone is 2. The summed E-state index contributed by atoms with van der Waals surface area (Å²) in [6.07, 6.45) is 1.72. The molecule has 72 valence electrons. The zero-order chi connectivity index (χ0) is 10.4. The van der Waals surface area contributed by atoms with E-state index in [9.17, 15) is 4.79 Å². The van der Waals surface area contributed by atoms with E-state index in [0.717, 1.165) is 21.9 Å². The molecule has 0 fully saturated rings. The van der Waals surface area contributed by atoms with Gasteiger partial charge in [-0.1, -0.05) is 36.4 Å². The molecular formula is C14H10O. The lowest BCUT2D eigenvalue weighted by Gasteiger charge is -2.14. The molecule has 0 saturated carbocycles. The summed E-state index contributed by atoms with van der Waals surface area (Å²) in [5.41, 5.74) is 3.07. The predicted octanol–water partition coefficient (Wildman–Crippen LogP) is 3.44. The van der Waals surface area contributed by atoms with Crippen molar-refractivity contribution in [2.45, 2.75) is 6.92 Å². The standard InChI is InChI=1S/C14H10O/c1-9-8-13(15)12-7-3-5-10-4-2-6-11(9)14(10)12/h2-8H,1H3. The van der Waals surface area contributed by atoms with Gasteiger partial charge in [-0.25, -0.2) is 0 Å². The van der Waals surface area contributed by atoms with Crippen LogP contribution >= 0.6 is 0 Å². The van der Waals surface area contributed by atoms with E-state index in [1.54, 1.807) is 6.08 Å². The molecule has 0 bridgehead atoms. The maximum absolute atomic E-state index is 11.8. The molecule has 0 unspecified atom stereocenters. The Hall–Kier alpha value is -1.89. The largest absolute Gasteiger partial charge is 0.289 e. The molecule has 0 N–H and O–H groups in total. The van der Waals surface area contributed by atoms with Crippen molar-refractivity contribution in [3.05, 3.63) is 53.6 Å². The van der Waals surface area contributed by atoms with Crippen LogP contribution in [-0.2, 0) is 0 Å². The van der Waals surface area contributed by atoms with Crippen LogP contribution in [0.5, 0.6) is 0 Å². The molecule has 1 nitrogen and oxygen atoms in total. The number of ketones is 1. The van der Waals surface area contributed by atoms with Crippen LogP contribution in [0.25, 0.3) is 16.3 Å². The van der Waals surface area contributed by atoms with Crippen LogP contribution in [0.4, 0.5) is 0 Å². The van der Waals surface area contributed by atoms with Gasteiger partial charge in [0.1, 0.15) is 0 Å². The Morgan fingerprint density at radius 3 is 2.33 bits per heavy atom. The minimum atomic E-state index is 0.122. The Bertz CT molecular complexity index is 601. The molecule has 1 heteroatoms. The molecule has 1 aliphatic rings. The van der Waals surface area contributed by atoms with Crippen LogP contribution in [0.15, 0.2) is 42.5 Å². The first kappa shape index (κ1) is 8.42. The van der Waals surface area contributed by atoms with Gasteiger partial charge in [-0.05, 0) is 29.5 Å². The number of benzene rings is 2. The van der Waals surface area contributed by atoms with Gasteiger partial charge in [0, 0.05) is 10.9 Å². The van der Waals surface area contributed by atoms with Gasteiger partial charge >= 0.3 is 0 Å². The van der Waals surface area contributed by atoms with E-state index in [0.29, 0.717) is 0 Å². The summed E-state index contributed by atoms with van der Waals surface area (Å²) >= 11 is 0. The first-order valence-electron chi connectivity index (χ1n) is 5.02. The first-order chi connectivity index (χ1) is 7.27. The van der Waals surface area contributed by atoms with E-state index < -0.39 is 0 Å². The molecular weight excluding hydrogens is 184 g/mol. The lowest BCUT2D eigenvalue weighted by Crippen LogP contribution is -2.03. The van der Waals surface area contributed by atoms with Crippen molar-refractivity contribution in [1.29, 1.82) is 0 Å². The molecule has 15 heavy (non-hydrogen) atoms. The Morgan fingerprint density at radius 1 is 0.933 bits per heavy atom. The minimum absolute atomic E-state index is 0.122. The van der Waals surface area contributed by atoms with E-state index in [4.69, 9.17) is 0 Å². The van der Waals surface area contributed by atoms with E-state index in [1.165, 1.54) is 5.56 Å². The van der Waals surface area contributed by atoms with Crippen LogP contribution in [-0.4, -0.2) is 5.78 Å². The van der Waals surface area contributed by atoms with Gasteiger partial charge in [0.25, 0.3) is 0 Å². The third-order valence-electron chi connectivity index (χ3n) is 2.94. The van der Waals surface area contributed by atoms with E-state index in [1.807, 2.05) is 37.3 Å². The number of carbonyl (C=O) groups excluding carboxylic acids is 1. The number of carbonyl (C=O) groups is 1. The van der Waals surface area contributed by atoms with Gasteiger partial charge in [0.15, 0.2) is 5.78 Å². The van der Waals surface area contributed by atoms with E-state index in [-0.39, 0.29) is 5.78 Å². The first-order valence-corrected chi connectivity index (χ1v) is 5.02. The van der Waals surface area contributed by atoms with E-state index in [2.05, 4.69) is 6.07 Å². The molecule has 0 amide bonds. The van der Waals surface area contributed by atoms with E-state index >= 15 is 0 Å². The quantitative estimate of drug-likeness (QED) is 0.627. The number of hydrogen-bond donors (Lipinski definition) is 0. The zero-order valence-electron chi connectivity index (χ0n) is 8.45. The predicted molar refractivity (Wildman–Crippen MR) is 61.9 cm³/mol. The molecule has 3 rings (SSSR count). The molecule has 2 aromatic rings. The summed E-state index contributed by atoms with van der Waals surface area (Å²) in [5.74, 6) is 0.122. The fraction of sp³-hybridized carbons (Fsp3) is 0.0714. The summed E-state index contributed by atoms with van der Waals surface area (Å²) in [6.45, 7) is 1.99. The molecule has 0 radical (unpaired) electrons. The highest BCUT2D eigenvalue weighted by Gasteiger charge is 2.16. The minimum Gasteiger partial charge on any atom is -0.289 e. The third-order valence-corrected chi connectivity index (χ3v) is 2.94. The summed E-state index contributed by atoms with van der Waals surface area (Å²) in [7, 11) is 0. The van der Waals surface area contributed by atoms with Crippen molar-refractivity contribution in [1.82, 2.24) is 0 Å². The lowest BCUT2D eigenvalue weighted by atomic mass is 9.88. The summed E-state index contributed by atoms with van der Waals surface area (Å²) in [6, 6.07) is 12.0. The van der Waals surface area contributed by atoms with Crippen LogP contribution in [0.1, 0.15) is 22.8 Å². The highest BCUT2D eigenvalue weighted by molar-refractivity contribution is 6.21. The van der Waals surface area contributed by atoms with Gasteiger partial charge in [-0.3, -0.25) is 4.79 Å². The van der Waals surface area contributed by atoms with Gasteiger partial charge in [0.2, 0.25) is 0 Å². The van der Waals surface area contributed by atoms with Crippen molar-refractivity contribution in [3.8, 4) is 0 Å². The fourth-order valence-corrected chi connectivity index (χ4v) is 2.23. The molecule has 0 spiro atoms. The molecule has 2 aromatic carbocycles. The van der Waals surface area contributed by atoms with Crippen molar-refractivity contribution in [2.75, 3.05) is 0 Å². The Kier molecular flexibility index (Phi) is 1.57. The molecule has 1 aliphatic carbocycles. The Labute approximate surface area is 88.0 Å². The normalized spacial score (nSPS) is 14.2. The van der Waals surface area contributed by atoms with Crippen molar-refractivity contribution in [2.24, 2.45) is 0 Å². The van der Waals surface area contributed by atoms with Crippen LogP contribution in [0.3, 0.4) is 0 Å². The Morgan fingerprint density at radius 2 is 1.60 bits per heavy atom. The highest BCUT2D eigenvalue weighted by atomic mass is 16.1. The van der Waals surface area contributed by atoms with Gasteiger partial charge in [-0.2, -0.15) is 0 Å². The van der Waals surface area contributed by atoms with Crippen molar-refractivity contribution >= 4 is 22.1 Å². The molecule has 0 aromatic heterocycles.